The number of nitrogens with zero attached hydrogens (tertiary/aromatic N) is 1. The van der Waals surface area contributed by atoms with Crippen LogP contribution in [0.3, 0.4) is 0 Å². The van der Waals surface area contributed by atoms with Crippen LogP contribution in [0, 0.1) is 0 Å². The van der Waals surface area contributed by atoms with Crippen LogP contribution in [-0.4, -0.2) is 42.6 Å². The van der Waals surface area contributed by atoms with Crippen LogP contribution in [0.2, 0.25) is 5.02 Å². The summed E-state index contributed by atoms with van der Waals surface area (Å²) in [5, 5.41) is 13.3. The van der Waals surface area contributed by atoms with Crippen molar-refractivity contribution in [3.05, 3.63) is 57.2 Å². The second kappa shape index (κ2) is 10.9. The molecular weight excluding hydrogens is 358 g/mol. The molecule has 0 saturated carbocycles. The third kappa shape index (κ3) is 7.05. The van der Waals surface area contributed by atoms with Crippen LogP contribution < -0.4 is 0 Å². The van der Waals surface area contributed by atoms with Gasteiger partial charge in [-0.2, -0.15) is 0 Å². The molecule has 2 rings (SSSR count). The molecule has 1 aromatic carbocycles. The second-order valence-electron chi connectivity index (χ2n) is 5.68. The molecule has 1 aromatic heterocycles. The maximum Gasteiger partial charge on any atom is 0.170 e. The van der Waals surface area contributed by atoms with Crippen molar-refractivity contribution < 1.29 is 14.6 Å². The van der Waals surface area contributed by atoms with Crippen LogP contribution in [0.4, 0.5) is 0 Å². The van der Waals surface area contributed by atoms with Crippen molar-refractivity contribution in [2.45, 2.75) is 32.8 Å². The van der Waals surface area contributed by atoms with Crippen molar-refractivity contribution in [3.8, 4) is 0 Å². The van der Waals surface area contributed by atoms with E-state index in [-0.39, 0.29) is 6.29 Å². The van der Waals surface area contributed by atoms with E-state index in [4.69, 9.17) is 21.1 Å². The molecule has 25 heavy (non-hydrogen) atoms. The molecule has 0 aliphatic carbocycles. The summed E-state index contributed by atoms with van der Waals surface area (Å²) in [4.78, 5) is 3.40. The molecule has 6 heteroatoms. The van der Waals surface area contributed by atoms with E-state index < -0.39 is 6.10 Å². The van der Waals surface area contributed by atoms with Gasteiger partial charge >= 0.3 is 0 Å². The van der Waals surface area contributed by atoms with E-state index in [9.17, 15) is 5.11 Å². The number of aliphatic hydroxyl groups excluding tert-OH is 1. The summed E-state index contributed by atoms with van der Waals surface area (Å²) in [5.74, 6) is 0. The molecule has 138 valence electrons. The lowest BCUT2D eigenvalue weighted by molar-refractivity contribution is -0.149. The van der Waals surface area contributed by atoms with Gasteiger partial charge in [-0.15, -0.1) is 11.3 Å². The lowest BCUT2D eigenvalue weighted by atomic mass is 10.1. The Morgan fingerprint density at radius 3 is 2.48 bits per heavy atom. The van der Waals surface area contributed by atoms with Crippen molar-refractivity contribution in [2.24, 2.45) is 0 Å². The number of benzene rings is 1. The maximum atomic E-state index is 10.6. The van der Waals surface area contributed by atoms with Gasteiger partial charge in [-0.1, -0.05) is 29.8 Å². The van der Waals surface area contributed by atoms with E-state index in [0.717, 1.165) is 12.1 Å². The molecule has 0 spiro atoms. The van der Waals surface area contributed by atoms with Crippen LogP contribution in [0.1, 0.15) is 30.4 Å². The van der Waals surface area contributed by atoms with Gasteiger partial charge in [0.05, 0.1) is 6.10 Å². The van der Waals surface area contributed by atoms with E-state index in [2.05, 4.69) is 16.3 Å². The molecule has 2 aromatic rings. The Kier molecular flexibility index (Phi) is 8.89. The Hall–Kier alpha value is -0.950. The molecule has 0 radical (unpaired) electrons. The molecule has 1 N–H and O–H groups in total. The normalized spacial score (nSPS) is 12.9. The molecule has 4 nitrogen and oxygen atoms in total. The largest absolute Gasteiger partial charge is 0.387 e. The van der Waals surface area contributed by atoms with Crippen molar-refractivity contribution in [1.29, 1.82) is 0 Å². The molecule has 0 fully saturated rings. The minimum Gasteiger partial charge on any atom is -0.387 e. The van der Waals surface area contributed by atoms with Crippen LogP contribution in [0.5, 0.6) is 0 Å². The van der Waals surface area contributed by atoms with Crippen LogP contribution in [0.25, 0.3) is 0 Å². The zero-order valence-corrected chi connectivity index (χ0v) is 16.3. The van der Waals surface area contributed by atoms with Gasteiger partial charge in [-0.3, -0.25) is 4.90 Å². The Morgan fingerprint density at radius 2 is 1.88 bits per heavy atom. The number of thiophene rings is 1. The monoisotopic (exact) mass is 383 g/mol. The quantitative estimate of drug-likeness (QED) is 0.586. The Morgan fingerprint density at radius 1 is 1.12 bits per heavy atom. The van der Waals surface area contributed by atoms with E-state index in [1.54, 1.807) is 23.5 Å². The molecule has 0 aliphatic heterocycles. The first-order valence-corrected chi connectivity index (χ1v) is 9.79. The molecule has 0 saturated heterocycles. The fourth-order valence-electron chi connectivity index (χ4n) is 2.63. The summed E-state index contributed by atoms with van der Waals surface area (Å²) in [6, 6.07) is 11.5. The van der Waals surface area contributed by atoms with Gasteiger partial charge in [0.1, 0.15) is 0 Å². The number of ether oxygens (including phenoxy) is 2. The molecule has 0 bridgehead atoms. The lowest BCUT2D eigenvalue weighted by Crippen LogP contribution is -2.37. The fourth-order valence-corrected chi connectivity index (χ4v) is 3.57. The number of hydrogen-bond acceptors (Lipinski definition) is 5. The zero-order chi connectivity index (χ0) is 18.1. The number of rotatable bonds is 11. The Bertz CT molecular complexity index is 602. The third-order valence-electron chi connectivity index (χ3n) is 3.74. The predicted molar refractivity (Wildman–Crippen MR) is 103 cm³/mol. The SMILES string of the molecule is CCOC(CN(Cc1cccs1)C[C@H](O)c1cccc(Cl)c1)OCC. The lowest BCUT2D eigenvalue weighted by Gasteiger charge is -2.28. The zero-order valence-electron chi connectivity index (χ0n) is 14.7. The topological polar surface area (TPSA) is 41.9 Å². The van der Waals surface area contributed by atoms with Crippen molar-refractivity contribution in [3.63, 3.8) is 0 Å². The Balaban J connectivity index is 2.07. The molecule has 0 aliphatic rings. The molecule has 0 amide bonds. The first-order chi connectivity index (χ1) is 12.1. The smallest absolute Gasteiger partial charge is 0.170 e. The minimum atomic E-state index is -0.623. The van der Waals surface area contributed by atoms with Crippen molar-refractivity contribution in [1.82, 2.24) is 4.90 Å². The van der Waals surface area contributed by atoms with Gasteiger partial charge in [-0.05, 0) is 43.0 Å². The summed E-state index contributed by atoms with van der Waals surface area (Å²) in [7, 11) is 0. The average Bonchev–Trinajstić information content (AvgIpc) is 3.08. The van der Waals surface area contributed by atoms with Gasteiger partial charge < -0.3 is 14.6 Å². The van der Waals surface area contributed by atoms with Crippen molar-refractivity contribution >= 4 is 22.9 Å². The molecule has 0 unspecified atom stereocenters. The van der Waals surface area contributed by atoms with E-state index in [1.165, 1.54) is 4.88 Å². The van der Waals surface area contributed by atoms with Gasteiger partial charge in [0.2, 0.25) is 0 Å². The van der Waals surface area contributed by atoms with Gasteiger partial charge in [0.25, 0.3) is 0 Å². The van der Waals surface area contributed by atoms with Gasteiger partial charge in [0, 0.05) is 42.7 Å². The summed E-state index contributed by atoms with van der Waals surface area (Å²) >= 11 is 7.75. The highest BCUT2D eigenvalue weighted by Gasteiger charge is 2.19. The van der Waals surface area contributed by atoms with Crippen LogP contribution in [-0.2, 0) is 16.0 Å². The highest BCUT2D eigenvalue weighted by Crippen LogP contribution is 2.21. The van der Waals surface area contributed by atoms with E-state index in [0.29, 0.717) is 31.3 Å². The first-order valence-electron chi connectivity index (χ1n) is 8.53. The first kappa shape index (κ1) is 20.4. The van der Waals surface area contributed by atoms with Crippen LogP contribution >= 0.6 is 22.9 Å². The average molecular weight is 384 g/mol. The highest BCUT2D eigenvalue weighted by molar-refractivity contribution is 7.09. The standard InChI is InChI=1S/C19H26ClNO3S/c1-3-23-19(24-4-2)14-21(12-17-9-6-10-25-17)13-18(22)15-7-5-8-16(20)11-15/h5-11,18-19,22H,3-4,12-14H2,1-2H3/t18-/m0/s1. The summed E-state index contributed by atoms with van der Waals surface area (Å²) < 4.78 is 11.4. The predicted octanol–water partition coefficient (Wildman–Crippen LogP) is 4.34. The minimum absolute atomic E-state index is 0.304. The van der Waals surface area contributed by atoms with E-state index >= 15 is 0 Å². The second-order valence-corrected chi connectivity index (χ2v) is 7.15. The summed E-state index contributed by atoms with van der Waals surface area (Å²) in [5.41, 5.74) is 0.813. The molecular formula is C19H26ClNO3S. The van der Waals surface area contributed by atoms with Gasteiger partial charge in [-0.25, -0.2) is 0 Å². The van der Waals surface area contributed by atoms with Crippen LogP contribution in [0.15, 0.2) is 41.8 Å². The number of halogens is 1. The molecule has 1 heterocycles. The van der Waals surface area contributed by atoms with E-state index in [1.807, 2.05) is 32.0 Å². The number of aliphatic hydroxyl groups is 1. The summed E-state index contributed by atoms with van der Waals surface area (Å²) in [6.45, 7) is 6.91. The van der Waals surface area contributed by atoms with Crippen molar-refractivity contribution in [2.75, 3.05) is 26.3 Å². The maximum absolute atomic E-state index is 10.6. The fraction of sp³-hybridized carbons (Fsp3) is 0.474. The third-order valence-corrected chi connectivity index (χ3v) is 4.83. The highest BCUT2D eigenvalue weighted by atomic mass is 35.5. The Labute approximate surface area is 158 Å². The number of hydrogen-bond donors (Lipinski definition) is 1. The molecule has 1 atom stereocenters. The van der Waals surface area contributed by atoms with Gasteiger partial charge in [0.15, 0.2) is 6.29 Å². The summed E-state index contributed by atoms with van der Waals surface area (Å²) in [6.07, 6.45) is -0.927.